The third-order valence-electron chi connectivity index (χ3n) is 0.924. The molecule has 0 atom stereocenters. The van der Waals surface area contributed by atoms with Gasteiger partial charge in [0, 0.05) is 0 Å². The number of hydrogen-bond acceptors (Lipinski definition) is 3. The molecule has 0 aliphatic rings. The van der Waals surface area contributed by atoms with Crippen LogP contribution >= 0.6 is 44.2 Å². The molecule has 0 fully saturated rings. The second-order valence-electron chi connectivity index (χ2n) is 1.64. The predicted octanol–water partition coefficient (Wildman–Crippen LogP) is 2.37. The molecular formula is C5H5Br2NO2S. The zero-order valence-electron chi connectivity index (χ0n) is 5.20. The van der Waals surface area contributed by atoms with Crippen LogP contribution in [0.3, 0.4) is 0 Å². The van der Waals surface area contributed by atoms with Crippen molar-refractivity contribution in [1.82, 2.24) is 0 Å². The number of carboxylic acids is 1. The molecule has 1 aromatic rings. The minimum Gasteiger partial charge on any atom is -0.477 e. The Morgan fingerprint density at radius 3 is 2.45 bits per heavy atom. The first-order chi connectivity index (χ1) is 4.61. The Labute approximate surface area is 86.1 Å². The Balaban J connectivity index is 0.000001000. The van der Waals surface area contributed by atoms with Crippen LogP contribution in [-0.2, 0) is 0 Å². The number of aromatic carboxylic acids is 1. The Bertz CT molecular complexity index is 254. The van der Waals surface area contributed by atoms with Gasteiger partial charge in [0.05, 0.1) is 9.47 Å². The van der Waals surface area contributed by atoms with E-state index in [2.05, 4.69) is 15.9 Å². The predicted molar refractivity (Wildman–Crippen MR) is 53.7 cm³/mol. The van der Waals surface area contributed by atoms with E-state index in [1.54, 1.807) is 0 Å². The van der Waals surface area contributed by atoms with E-state index in [1.165, 1.54) is 6.07 Å². The summed E-state index contributed by atoms with van der Waals surface area (Å²) in [7, 11) is 0. The van der Waals surface area contributed by atoms with Crippen LogP contribution in [-0.4, -0.2) is 11.1 Å². The molecule has 0 radical (unpaired) electrons. The van der Waals surface area contributed by atoms with Crippen molar-refractivity contribution in [2.45, 2.75) is 0 Å². The third-order valence-corrected chi connectivity index (χ3v) is 2.79. The maximum atomic E-state index is 10.3. The highest BCUT2D eigenvalue weighted by Gasteiger charge is 2.08. The van der Waals surface area contributed by atoms with Gasteiger partial charge in [-0.2, -0.15) is 0 Å². The fourth-order valence-corrected chi connectivity index (χ4v) is 1.77. The van der Waals surface area contributed by atoms with Crippen molar-refractivity contribution < 1.29 is 9.90 Å². The van der Waals surface area contributed by atoms with E-state index in [9.17, 15) is 4.79 Å². The first-order valence-corrected chi connectivity index (χ1v) is 4.00. The summed E-state index contributed by atoms with van der Waals surface area (Å²) in [5.74, 6) is -0.942. The van der Waals surface area contributed by atoms with Crippen LogP contribution in [0.2, 0.25) is 0 Å². The summed E-state index contributed by atoms with van der Waals surface area (Å²) in [5.41, 5.74) is 5.85. The van der Waals surface area contributed by atoms with E-state index in [1.807, 2.05) is 0 Å². The average Bonchev–Trinajstić information content (AvgIpc) is 2.13. The van der Waals surface area contributed by atoms with Gasteiger partial charge in [0.15, 0.2) is 0 Å². The van der Waals surface area contributed by atoms with Crippen molar-refractivity contribution in [3.8, 4) is 0 Å². The molecule has 3 nitrogen and oxygen atoms in total. The first kappa shape index (κ1) is 10.9. The Morgan fingerprint density at radius 1 is 1.73 bits per heavy atom. The van der Waals surface area contributed by atoms with Gasteiger partial charge in [-0.05, 0) is 22.0 Å². The lowest BCUT2D eigenvalue weighted by Gasteiger charge is -1.79. The van der Waals surface area contributed by atoms with E-state index in [0.29, 0.717) is 9.47 Å². The molecule has 0 bridgehead atoms. The summed E-state index contributed by atoms with van der Waals surface area (Å²) in [6.07, 6.45) is 0. The summed E-state index contributed by atoms with van der Waals surface area (Å²) in [5, 5.41) is 8.46. The SMILES string of the molecule is Br.Nc1cc(C(=O)O)sc1Br. The van der Waals surface area contributed by atoms with Gasteiger partial charge in [-0.25, -0.2) is 4.79 Å². The molecule has 0 spiro atoms. The van der Waals surface area contributed by atoms with E-state index in [4.69, 9.17) is 10.8 Å². The molecule has 6 heteroatoms. The highest BCUT2D eigenvalue weighted by molar-refractivity contribution is 9.11. The number of hydrogen-bond donors (Lipinski definition) is 2. The zero-order chi connectivity index (χ0) is 7.72. The van der Waals surface area contributed by atoms with Crippen LogP contribution in [0.15, 0.2) is 9.85 Å². The van der Waals surface area contributed by atoms with Crippen LogP contribution in [0.1, 0.15) is 9.67 Å². The highest BCUT2D eigenvalue weighted by atomic mass is 79.9. The van der Waals surface area contributed by atoms with Crippen LogP contribution in [0, 0.1) is 0 Å². The topological polar surface area (TPSA) is 63.3 Å². The monoisotopic (exact) mass is 301 g/mol. The number of carboxylic acid groups (broad SMARTS) is 1. The second kappa shape index (κ2) is 4.08. The molecule has 3 N–H and O–H groups in total. The minimum absolute atomic E-state index is 0. The summed E-state index contributed by atoms with van der Waals surface area (Å²) in [6.45, 7) is 0. The van der Waals surface area contributed by atoms with Gasteiger partial charge >= 0.3 is 5.97 Å². The Hall–Kier alpha value is -0.0700. The number of rotatable bonds is 1. The molecule has 1 heterocycles. The van der Waals surface area contributed by atoms with Crippen molar-refractivity contribution in [1.29, 1.82) is 0 Å². The fourth-order valence-electron chi connectivity index (χ4n) is 0.488. The van der Waals surface area contributed by atoms with Crippen LogP contribution in [0.5, 0.6) is 0 Å². The van der Waals surface area contributed by atoms with Gasteiger partial charge in [0.2, 0.25) is 0 Å². The van der Waals surface area contributed by atoms with Crippen molar-refractivity contribution in [3.63, 3.8) is 0 Å². The maximum Gasteiger partial charge on any atom is 0.345 e. The average molecular weight is 303 g/mol. The van der Waals surface area contributed by atoms with Gasteiger partial charge in [0.1, 0.15) is 4.88 Å². The molecule has 11 heavy (non-hydrogen) atoms. The van der Waals surface area contributed by atoms with Crippen molar-refractivity contribution >= 4 is 55.9 Å². The molecule has 1 aromatic heterocycles. The lowest BCUT2D eigenvalue weighted by Crippen LogP contribution is -1.90. The summed E-state index contributed by atoms with van der Waals surface area (Å²) in [6, 6.07) is 1.43. The second-order valence-corrected chi connectivity index (χ2v) is 4.01. The number of nitrogen functional groups attached to an aromatic ring is 1. The Morgan fingerprint density at radius 2 is 2.27 bits per heavy atom. The van der Waals surface area contributed by atoms with Gasteiger partial charge in [-0.3, -0.25) is 0 Å². The van der Waals surface area contributed by atoms with Gasteiger partial charge in [-0.15, -0.1) is 28.3 Å². The highest BCUT2D eigenvalue weighted by Crippen LogP contribution is 2.29. The molecule has 0 aliphatic carbocycles. The van der Waals surface area contributed by atoms with E-state index in [0.717, 1.165) is 11.3 Å². The largest absolute Gasteiger partial charge is 0.477 e. The zero-order valence-corrected chi connectivity index (χ0v) is 9.32. The minimum atomic E-state index is -0.942. The molecule has 1 rings (SSSR count). The van der Waals surface area contributed by atoms with Crippen LogP contribution in [0.4, 0.5) is 5.69 Å². The molecule has 0 saturated carbocycles. The van der Waals surface area contributed by atoms with Crippen molar-refractivity contribution in [2.24, 2.45) is 0 Å². The quantitative estimate of drug-likeness (QED) is 0.837. The van der Waals surface area contributed by atoms with Gasteiger partial charge in [-0.1, -0.05) is 0 Å². The first-order valence-electron chi connectivity index (χ1n) is 2.39. The standard InChI is InChI=1S/C5H4BrNO2S.BrH/c6-4-2(7)1-3(10-4)5(8)9;/h1H,7H2,(H,8,9);1H. The van der Waals surface area contributed by atoms with E-state index in [-0.39, 0.29) is 21.9 Å². The summed E-state index contributed by atoms with van der Waals surface area (Å²) >= 11 is 4.23. The van der Waals surface area contributed by atoms with E-state index >= 15 is 0 Å². The normalized spacial score (nSPS) is 8.82. The number of nitrogens with two attached hydrogens (primary N) is 1. The molecule has 0 saturated heterocycles. The van der Waals surface area contributed by atoms with Crippen LogP contribution in [0.25, 0.3) is 0 Å². The molecular weight excluding hydrogens is 298 g/mol. The lowest BCUT2D eigenvalue weighted by atomic mass is 10.4. The third kappa shape index (κ3) is 2.46. The summed E-state index contributed by atoms with van der Waals surface area (Å²) < 4.78 is 0.671. The smallest absolute Gasteiger partial charge is 0.345 e. The lowest BCUT2D eigenvalue weighted by molar-refractivity contribution is 0.0702. The number of carbonyl (C=O) groups is 1. The summed E-state index contributed by atoms with van der Waals surface area (Å²) in [4.78, 5) is 10.6. The molecule has 0 aliphatic heterocycles. The van der Waals surface area contributed by atoms with Crippen molar-refractivity contribution in [2.75, 3.05) is 5.73 Å². The Kier molecular flexibility index (Phi) is 4.05. The number of anilines is 1. The molecule has 62 valence electrons. The maximum absolute atomic E-state index is 10.3. The molecule has 0 unspecified atom stereocenters. The molecule has 0 aromatic carbocycles. The van der Waals surface area contributed by atoms with E-state index < -0.39 is 5.97 Å². The van der Waals surface area contributed by atoms with Gasteiger partial charge < -0.3 is 10.8 Å². The fraction of sp³-hybridized carbons (Fsp3) is 0. The van der Waals surface area contributed by atoms with Crippen LogP contribution < -0.4 is 5.73 Å². The molecule has 0 amide bonds. The number of halogens is 2. The van der Waals surface area contributed by atoms with Gasteiger partial charge in [0.25, 0.3) is 0 Å². The number of thiophene rings is 1. The van der Waals surface area contributed by atoms with Crippen molar-refractivity contribution in [3.05, 3.63) is 14.7 Å².